The Morgan fingerprint density at radius 3 is 2.70 bits per heavy atom. The maximum Gasteiger partial charge on any atom is 0.260 e. The first-order valence-electron chi connectivity index (χ1n) is 8.10. The van der Waals surface area contributed by atoms with Crippen LogP contribution in [0, 0.1) is 6.92 Å². The van der Waals surface area contributed by atoms with Crippen LogP contribution in [-0.2, 0) is 9.59 Å². The van der Waals surface area contributed by atoms with Gasteiger partial charge in [0, 0.05) is 23.1 Å². The predicted molar refractivity (Wildman–Crippen MR) is 107 cm³/mol. The van der Waals surface area contributed by atoms with Crippen LogP contribution in [0.15, 0.2) is 41.4 Å². The molecular weight excluding hydrogens is 388 g/mol. The first kappa shape index (κ1) is 19.3. The number of aromatic hydroxyl groups is 1. The van der Waals surface area contributed by atoms with E-state index in [0.29, 0.717) is 21.5 Å². The number of rotatable bonds is 5. The summed E-state index contributed by atoms with van der Waals surface area (Å²) in [6.07, 6.45) is -0.0145. The van der Waals surface area contributed by atoms with Crippen LogP contribution in [0.3, 0.4) is 0 Å². The number of aliphatic imine (C=N–C) groups is 1. The van der Waals surface area contributed by atoms with Crippen LogP contribution in [0.4, 0.5) is 5.69 Å². The molecule has 27 heavy (non-hydrogen) atoms. The van der Waals surface area contributed by atoms with Gasteiger partial charge in [0.1, 0.15) is 21.8 Å². The molecule has 2 N–H and O–H groups in total. The minimum absolute atomic E-state index is 0.0145. The Kier molecular flexibility index (Phi) is 5.72. The number of anilines is 1. The minimum Gasteiger partial charge on any atom is -0.508 e. The molecule has 1 aliphatic heterocycles. The molecule has 0 unspecified atom stereocenters. The number of nitrogens with one attached hydrogen (secondary N) is 1. The van der Waals surface area contributed by atoms with Gasteiger partial charge in [0.15, 0.2) is 0 Å². The van der Waals surface area contributed by atoms with Gasteiger partial charge in [-0.2, -0.15) is 0 Å². The highest BCUT2D eigenvalue weighted by atomic mass is 35.5. The number of ether oxygens (including phenoxy) is 1. The summed E-state index contributed by atoms with van der Waals surface area (Å²) in [7, 11) is 1.49. The molecule has 0 aliphatic carbocycles. The van der Waals surface area contributed by atoms with Crippen molar-refractivity contribution in [3.05, 3.63) is 52.5 Å². The lowest BCUT2D eigenvalue weighted by Gasteiger charge is -2.13. The Hall–Kier alpha value is -2.51. The topological polar surface area (TPSA) is 88.0 Å². The lowest BCUT2D eigenvalue weighted by Crippen LogP contribution is -2.21. The van der Waals surface area contributed by atoms with Crippen molar-refractivity contribution in [2.75, 3.05) is 12.4 Å². The van der Waals surface area contributed by atoms with E-state index in [4.69, 9.17) is 16.3 Å². The van der Waals surface area contributed by atoms with Crippen LogP contribution in [-0.4, -0.2) is 34.3 Å². The van der Waals surface area contributed by atoms with Crippen molar-refractivity contribution < 1.29 is 19.4 Å². The highest BCUT2D eigenvalue weighted by molar-refractivity contribution is 8.16. The second-order valence-electron chi connectivity index (χ2n) is 5.96. The van der Waals surface area contributed by atoms with Crippen LogP contribution in [0.2, 0.25) is 5.02 Å². The molecule has 0 bridgehead atoms. The van der Waals surface area contributed by atoms with Gasteiger partial charge < -0.3 is 15.2 Å². The molecule has 6 nitrogen and oxygen atoms in total. The number of carbonyl (C=O) groups excluding carboxylic acids is 2. The van der Waals surface area contributed by atoms with E-state index >= 15 is 0 Å². The number of phenolic OH excluding ortho intramolecular Hbond substituents is 1. The molecule has 0 spiro atoms. The van der Waals surface area contributed by atoms with E-state index in [9.17, 15) is 14.7 Å². The van der Waals surface area contributed by atoms with Crippen molar-refractivity contribution in [2.24, 2.45) is 4.99 Å². The van der Waals surface area contributed by atoms with E-state index in [2.05, 4.69) is 10.3 Å². The van der Waals surface area contributed by atoms with Crippen molar-refractivity contribution in [1.82, 2.24) is 0 Å². The van der Waals surface area contributed by atoms with Crippen molar-refractivity contribution in [3.63, 3.8) is 0 Å². The number of hydrogen-bond donors (Lipinski definition) is 2. The van der Waals surface area contributed by atoms with E-state index in [0.717, 1.165) is 11.1 Å². The fourth-order valence-corrected chi connectivity index (χ4v) is 3.77. The van der Waals surface area contributed by atoms with Crippen LogP contribution >= 0.6 is 23.4 Å². The summed E-state index contributed by atoms with van der Waals surface area (Å²) < 4.78 is 5.24. The average Bonchev–Trinajstić information content (AvgIpc) is 2.99. The van der Waals surface area contributed by atoms with Gasteiger partial charge >= 0.3 is 0 Å². The molecule has 0 saturated carbocycles. The molecule has 0 aromatic heterocycles. The molecule has 0 radical (unpaired) electrons. The zero-order valence-electron chi connectivity index (χ0n) is 14.7. The lowest BCUT2D eigenvalue weighted by atomic mass is 10.2. The Morgan fingerprint density at radius 2 is 2.04 bits per heavy atom. The second kappa shape index (κ2) is 8.02. The van der Waals surface area contributed by atoms with Gasteiger partial charge in [0.05, 0.1) is 12.8 Å². The number of benzene rings is 2. The van der Waals surface area contributed by atoms with Crippen molar-refractivity contribution >= 4 is 45.9 Å². The third kappa shape index (κ3) is 4.43. The molecule has 8 heteroatoms. The van der Waals surface area contributed by atoms with Crippen molar-refractivity contribution in [2.45, 2.75) is 18.6 Å². The number of nitrogens with zero attached hydrogens (tertiary/aromatic N) is 1. The van der Waals surface area contributed by atoms with Gasteiger partial charge in [-0.3, -0.25) is 9.59 Å². The summed E-state index contributed by atoms with van der Waals surface area (Å²) in [6.45, 7) is 1.82. The zero-order chi connectivity index (χ0) is 19.6. The van der Waals surface area contributed by atoms with Gasteiger partial charge in [0.2, 0.25) is 5.91 Å². The average molecular weight is 405 g/mol. The maximum absolute atomic E-state index is 12.4. The molecular formula is C19H17ClN2O4S. The highest BCUT2D eigenvalue weighted by Crippen LogP contribution is 2.33. The van der Waals surface area contributed by atoms with Crippen LogP contribution in [0.25, 0.3) is 0 Å². The normalized spacial score (nSPS) is 16.2. The lowest BCUT2D eigenvalue weighted by molar-refractivity contribution is -0.121. The van der Waals surface area contributed by atoms with Gasteiger partial charge in [-0.25, -0.2) is 4.99 Å². The van der Waals surface area contributed by atoms with Gasteiger partial charge in [0.25, 0.3) is 5.91 Å². The Labute approximate surface area is 165 Å². The van der Waals surface area contributed by atoms with Gasteiger partial charge in [-0.15, -0.1) is 0 Å². The third-order valence-corrected chi connectivity index (χ3v) is 5.59. The summed E-state index contributed by atoms with van der Waals surface area (Å²) >= 11 is 7.31. The number of carbonyl (C=O) groups is 2. The minimum atomic E-state index is -0.590. The fraction of sp³-hybridized carbons (Fsp3) is 0.211. The quantitative estimate of drug-likeness (QED) is 0.791. The van der Waals surface area contributed by atoms with E-state index in [1.165, 1.54) is 31.0 Å². The molecule has 0 saturated heterocycles. The first-order chi connectivity index (χ1) is 12.9. The van der Waals surface area contributed by atoms with Crippen LogP contribution < -0.4 is 10.1 Å². The largest absolute Gasteiger partial charge is 0.508 e. The maximum atomic E-state index is 12.4. The molecule has 3 rings (SSSR count). The van der Waals surface area contributed by atoms with Gasteiger partial charge in [-0.05, 0) is 42.8 Å². The van der Waals surface area contributed by atoms with Crippen LogP contribution in [0.1, 0.15) is 17.5 Å². The molecule has 1 atom stereocenters. The summed E-state index contributed by atoms with van der Waals surface area (Å²) in [5, 5.41) is 12.6. The molecule has 1 aliphatic rings. The number of aryl methyl sites for hydroxylation is 1. The number of thioether (sulfide) groups is 1. The first-order valence-corrected chi connectivity index (χ1v) is 9.35. The smallest absolute Gasteiger partial charge is 0.260 e. The third-order valence-electron chi connectivity index (χ3n) is 3.98. The predicted octanol–water partition coefficient (Wildman–Crippen LogP) is 3.78. The molecule has 2 amide bonds. The number of phenols is 1. The van der Waals surface area contributed by atoms with Crippen molar-refractivity contribution in [3.8, 4) is 11.5 Å². The van der Waals surface area contributed by atoms with E-state index in [-0.39, 0.29) is 24.0 Å². The van der Waals surface area contributed by atoms with E-state index < -0.39 is 5.25 Å². The summed E-state index contributed by atoms with van der Waals surface area (Å²) in [6, 6.07) is 9.77. The number of halogens is 1. The summed E-state index contributed by atoms with van der Waals surface area (Å²) in [5.41, 5.74) is 2.03. The van der Waals surface area contributed by atoms with Crippen molar-refractivity contribution in [1.29, 1.82) is 0 Å². The summed E-state index contributed by atoms with van der Waals surface area (Å²) in [4.78, 5) is 28.6. The highest BCUT2D eigenvalue weighted by Gasteiger charge is 2.31. The number of methoxy groups -OCH3 is 1. The molecule has 2 aromatic carbocycles. The monoisotopic (exact) mass is 404 g/mol. The fourth-order valence-electron chi connectivity index (χ4n) is 2.55. The van der Waals surface area contributed by atoms with E-state index in [1.807, 2.05) is 6.92 Å². The Balaban J connectivity index is 1.66. The summed E-state index contributed by atoms with van der Waals surface area (Å²) in [5.74, 6) is -0.0808. The number of amides is 2. The van der Waals surface area contributed by atoms with Gasteiger partial charge in [-0.1, -0.05) is 23.4 Å². The van der Waals surface area contributed by atoms with E-state index in [1.54, 1.807) is 24.3 Å². The SMILES string of the molecule is COc1cc(Cl)c(C)cc1NC(=O)C[C@H]1SC(c2ccc(O)cc2)=NC1=O. The standard InChI is InChI=1S/C19H17ClN2O4S/c1-10-7-14(15(26-2)8-13(10)20)21-17(24)9-16-18(25)22-19(27-16)11-3-5-12(23)6-4-11/h3-8,16,23H,9H2,1-2H3,(H,21,24)/t16-/m1/s1. The molecule has 0 fully saturated rings. The molecule has 140 valence electrons. The Morgan fingerprint density at radius 1 is 1.33 bits per heavy atom. The second-order valence-corrected chi connectivity index (χ2v) is 7.56. The van der Waals surface area contributed by atoms with Crippen LogP contribution in [0.5, 0.6) is 11.5 Å². The molecule has 1 heterocycles. The number of hydrogen-bond acceptors (Lipinski definition) is 5. The zero-order valence-corrected chi connectivity index (χ0v) is 16.2. The molecule has 2 aromatic rings. The Bertz CT molecular complexity index is 928.